The lowest BCUT2D eigenvalue weighted by Gasteiger charge is -2.13. The van der Waals surface area contributed by atoms with Crippen molar-refractivity contribution in [2.24, 2.45) is 0 Å². The lowest BCUT2D eigenvalue weighted by atomic mass is 10.0. The van der Waals surface area contributed by atoms with E-state index in [0.717, 1.165) is 27.8 Å². The number of aromatic nitrogens is 2. The highest BCUT2D eigenvalue weighted by Crippen LogP contribution is 2.37. The molecule has 7 nitrogen and oxygen atoms in total. The summed E-state index contributed by atoms with van der Waals surface area (Å²) in [6, 6.07) is 16.3. The van der Waals surface area contributed by atoms with E-state index in [1.165, 1.54) is 12.1 Å². The fraction of sp³-hybridized carbons (Fsp3) is 0.0455. The summed E-state index contributed by atoms with van der Waals surface area (Å²) >= 11 is 0. The van der Waals surface area contributed by atoms with Gasteiger partial charge in [-0.05, 0) is 48.0 Å². The number of benzene rings is 2. The molecule has 0 radical (unpaired) electrons. The van der Waals surface area contributed by atoms with Crippen molar-refractivity contribution < 1.29 is 9.15 Å². The third-order valence-electron chi connectivity index (χ3n) is 4.97. The average Bonchev–Trinajstić information content (AvgIpc) is 2.73. The number of fused-ring (bicyclic) bond motifs is 2. The number of hydrogen-bond acceptors (Lipinski definition) is 6. The molecule has 2 aromatic carbocycles. The van der Waals surface area contributed by atoms with Crippen LogP contribution in [0.1, 0.15) is 5.56 Å². The fourth-order valence-electron chi connectivity index (χ4n) is 3.58. The number of anilines is 1. The summed E-state index contributed by atoms with van der Waals surface area (Å²) in [6.07, 6.45) is 0. The highest BCUT2D eigenvalue weighted by atomic mass is 16.5. The number of ether oxygens (including phenoxy) is 1. The zero-order chi connectivity index (χ0) is 20.1. The number of nitrogens with zero attached hydrogens (tertiary/aromatic N) is 2. The van der Waals surface area contributed by atoms with Gasteiger partial charge in [0.15, 0.2) is 5.43 Å². The molecule has 3 heterocycles. The molecule has 0 unspecified atom stereocenters. The Kier molecular flexibility index (Phi) is 3.54. The Hall–Kier alpha value is -4.31. The topological polar surface area (TPSA) is 118 Å². The average molecular weight is 382 g/mol. The predicted molar refractivity (Wildman–Crippen MR) is 111 cm³/mol. The van der Waals surface area contributed by atoms with Crippen LogP contribution in [0.2, 0.25) is 0 Å². The molecule has 0 aliphatic heterocycles. The zero-order valence-corrected chi connectivity index (χ0v) is 15.3. The molecule has 5 rings (SSSR count). The molecule has 0 spiro atoms. The number of methoxy groups -OCH3 is 1. The number of pyridine rings is 2. The molecule has 140 valence electrons. The van der Waals surface area contributed by atoms with Crippen LogP contribution in [-0.4, -0.2) is 17.1 Å². The van der Waals surface area contributed by atoms with Crippen LogP contribution in [0.4, 0.5) is 5.82 Å². The zero-order valence-electron chi connectivity index (χ0n) is 15.3. The van der Waals surface area contributed by atoms with Gasteiger partial charge in [0.25, 0.3) is 0 Å². The van der Waals surface area contributed by atoms with Gasteiger partial charge in [-0.2, -0.15) is 10.2 Å². The lowest BCUT2D eigenvalue weighted by molar-refractivity contribution is 0.415. The van der Waals surface area contributed by atoms with E-state index in [4.69, 9.17) is 14.9 Å². The number of nitrogen functional groups attached to an aromatic ring is 1. The molecule has 29 heavy (non-hydrogen) atoms. The number of H-pyrrole nitrogens is 1. The van der Waals surface area contributed by atoms with E-state index in [9.17, 15) is 10.1 Å². The van der Waals surface area contributed by atoms with E-state index < -0.39 is 0 Å². The van der Waals surface area contributed by atoms with Crippen LogP contribution >= 0.6 is 0 Å². The lowest BCUT2D eigenvalue weighted by Crippen LogP contribution is -2.01. The molecule has 0 fully saturated rings. The first-order valence-electron chi connectivity index (χ1n) is 8.82. The number of hydrogen-bond donors (Lipinski definition) is 2. The maximum absolute atomic E-state index is 11.8. The monoisotopic (exact) mass is 382 g/mol. The van der Waals surface area contributed by atoms with Crippen molar-refractivity contribution in [3.05, 3.63) is 64.3 Å². The van der Waals surface area contributed by atoms with Crippen LogP contribution in [0, 0.1) is 11.3 Å². The first kappa shape index (κ1) is 16.8. The highest BCUT2D eigenvalue weighted by molar-refractivity contribution is 6.18. The van der Waals surface area contributed by atoms with Gasteiger partial charge in [0, 0.05) is 22.5 Å². The van der Waals surface area contributed by atoms with Crippen molar-refractivity contribution >= 4 is 38.8 Å². The summed E-state index contributed by atoms with van der Waals surface area (Å²) in [6.45, 7) is 0. The van der Waals surface area contributed by atoms with Crippen LogP contribution in [-0.2, 0) is 0 Å². The molecular weight excluding hydrogens is 368 g/mol. The number of rotatable bonds is 2. The van der Waals surface area contributed by atoms with Crippen LogP contribution in [0.25, 0.3) is 44.2 Å². The third kappa shape index (κ3) is 2.51. The molecule has 0 amide bonds. The molecule has 5 aromatic rings. The van der Waals surface area contributed by atoms with E-state index in [-0.39, 0.29) is 22.5 Å². The Balaban J connectivity index is 1.97. The van der Waals surface area contributed by atoms with Crippen molar-refractivity contribution in [2.75, 3.05) is 12.8 Å². The second-order valence-corrected chi connectivity index (χ2v) is 6.62. The summed E-state index contributed by atoms with van der Waals surface area (Å²) < 4.78 is 11.1. The van der Waals surface area contributed by atoms with Crippen LogP contribution in [0.15, 0.2) is 57.7 Å². The summed E-state index contributed by atoms with van der Waals surface area (Å²) in [5.41, 5.74) is 8.99. The van der Waals surface area contributed by atoms with Gasteiger partial charge in [-0.15, -0.1) is 0 Å². The molecule has 3 aromatic heterocycles. The van der Waals surface area contributed by atoms with E-state index in [1.54, 1.807) is 13.2 Å². The first-order valence-corrected chi connectivity index (χ1v) is 8.82. The molecule has 3 N–H and O–H groups in total. The minimum Gasteiger partial charge on any atom is -0.497 e. The van der Waals surface area contributed by atoms with Crippen molar-refractivity contribution in [1.82, 2.24) is 9.97 Å². The van der Waals surface area contributed by atoms with Gasteiger partial charge in [0.2, 0.25) is 5.71 Å². The molecule has 0 atom stereocenters. The molecule has 0 aliphatic carbocycles. The maximum Gasteiger partial charge on any atom is 0.231 e. The smallest absolute Gasteiger partial charge is 0.231 e. The van der Waals surface area contributed by atoms with Gasteiger partial charge in [-0.1, -0.05) is 0 Å². The highest BCUT2D eigenvalue weighted by Gasteiger charge is 2.18. The number of nitrogens with one attached hydrogen (secondary N) is 1. The van der Waals surface area contributed by atoms with Gasteiger partial charge in [-0.25, -0.2) is 0 Å². The van der Waals surface area contributed by atoms with Crippen LogP contribution in [0.5, 0.6) is 5.75 Å². The summed E-state index contributed by atoms with van der Waals surface area (Å²) in [7, 11) is 1.61. The Morgan fingerprint density at radius 1 is 1.14 bits per heavy atom. The fourth-order valence-corrected chi connectivity index (χ4v) is 3.58. The first-order chi connectivity index (χ1) is 14.1. The summed E-state index contributed by atoms with van der Waals surface area (Å²) in [5, 5.41) is 11.9. The van der Waals surface area contributed by atoms with Crippen molar-refractivity contribution in [3.63, 3.8) is 0 Å². The van der Waals surface area contributed by atoms with Crippen molar-refractivity contribution in [1.29, 1.82) is 5.26 Å². The Morgan fingerprint density at radius 2 is 1.93 bits per heavy atom. The Labute approximate surface area is 164 Å². The minimum absolute atomic E-state index is 0.0609. The second-order valence-electron chi connectivity index (χ2n) is 6.62. The summed E-state index contributed by atoms with van der Waals surface area (Å²) in [5.74, 6) is 0.803. The van der Waals surface area contributed by atoms with Gasteiger partial charge in [0.05, 0.1) is 18.0 Å². The maximum atomic E-state index is 11.8. The molecule has 0 bridgehead atoms. The largest absolute Gasteiger partial charge is 0.497 e. The van der Waals surface area contributed by atoms with Gasteiger partial charge < -0.3 is 19.9 Å². The van der Waals surface area contributed by atoms with Gasteiger partial charge >= 0.3 is 0 Å². The van der Waals surface area contributed by atoms with E-state index in [2.05, 4.69) is 16.0 Å². The standard InChI is InChI=1S/C22H14N4O3/c1-28-13-5-2-11(3-6-13)17-9-15-14-7-4-12(27)8-18(14)29-22-19(15)20(25-17)16(10-23)21(24)26-22/h2-9,25H,1H3,(H2,24,26). The SMILES string of the molecule is COc1ccc(-c2cc3c4ccc(=O)cc4oc4nc(N)c(C#N)c([nH]2)c43)cc1. The van der Waals surface area contributed by atoms with E-state index >= 15 is 0 Å². The molecule has 0 saturated carbocycles. The van der Waals surface area contributed by atoms with Crippen molar-refractivity contribution in [2.45, 2.75) is 0 Å². The number of nitriles is 1. The van der Waals surface area contributed by atoms with E-state index in [1.807, 2.05) is 30.3 Å². The molecule has 7 heteroatoms. The minimum atomic E-state index is -0.164. The normalized spacial score (nSPS) is 11.2. The van der Waals surface area contributed by atoms with E-state index in [0.29, 0.717) is 16.5 Å². The Bertz CT molecular complexity index is 1520. The molecular formula is C22H14N4O3. The summed E-state index contributed by atoms with van der Waals surface area (Å²) in [4.78, 5) is 19.4. The van der Waals surface area contributed by atoms with Crippen molar-refractivity contribution in [3.8, 4) is 23.1 Å². The van der Waals surface area contributed by atoms with Crippen LogP contribution < -0.4 is 15.9 Å². The van der Waals surface area contributed by atoms with Crippen LogP contribution in [0.3, 0.4) is 0 Å². The third-order valence-corrected chi connectivity index (χ3v) is 4.97. The van der Waals surface area contributed by atoms with Gasteiger partial charge in [-0.3, -0.25) is 4.79 Å². The van der Waals surface area contributed by atoms with Gasteiger partial charge in [0.1, 0.15) is 28.8 Å². The number of nitrogens with two attached hydrogens (primary N) is 1. The molecule has 0 aliphatic rings. The number of aromatic amines is 1. The quantitative estimate of drug-likeness (QED) is 0.352. The second kappa shape index (κ2) is 6.11. The molecule has 0 saturated heterocycles. The predicted octanol–water partition coefficient (Wildman–Crippen LogP) is 3.95. The Morgan fingerprint density at radius 3 is 2.66 bits per heavy atom.